The second-order valence-corrected chi connectivity index (χ2v) is 8.48. The van der Waals surface area contributed by atoms with Crippen molar-refractivity contribution in [3.8, 4) is 21.1 Å². The fraction of sp³-hybridized carbons (Fsp3) is 0.167. The van der Waals surface area contributed by atoms with E-state index in [1.54, 1.807) is 24.3 Å². The Morgan fingerprint density at radius 1 is 0.781 bits per heavy atom. The highest BCUT2D eigenvalue weighted by Crippen LogP contribution is 2.31. The Balaban J connectivity index is 1.25. The summed E-state index contributed by atoms with van der Waals surface area (Å²) in [5.41, 5.74) is 3.34. The van der Waals surface area contributed by atoms with Crippen molar-refractivity contribution in [1.82, 2.24) is 15.2 Å². The molecule has 8 heteroatoms. The largest absolute Gasteiger partial charge is 0.478 e. The molecule has 0 atom stereocenters. The Labute approximate surface area is 189 Å². The number of anilines is 2. The molecule has 0 saturated carbocycles. The minimum Gasteiger partial charge on any atom is -0.478 e. The molecule has 0 radical (unpaired) electrons. The van der Waals surface area contributed by atoms with E-state index in [0.29, 0.717) is 0 Å². The topological polar surface area (TPSA) is 82.4 Å². The highest BCUT2D eigenvalue weighted by atomic mass is 32.1. The summed E-state index contributed by atoms with van der Waals surface area (Å²) in [5, 5.41) is 19.3. The molecule has 0 spiro atoms. The van der Waals surface area contributed by atoms with E-state index in [4.69, 9.17) is 5.11 Å². The molecular weight excluding hydrogens is 422 g/mol. The van der Waals surface area contributed by atoms with Crippen LogP contribution in [0.25, 0.3) is 21.1 Å². The van der Waals surface area contributed by atoms with Crippen molar-refractivity contribution < 1.29 is 9.90 Å². The molecule has 1 aliphatic heterocycles. The molecule has 1 aliphatic rings. The number of carbonyl (C=O) groups is 1. The molecular formula is C24H21N5O2S. The van der Waals surface area contributed by atoms with E-state index in [2.05, 4.69) is 55.3 Å². The molecule has 0 aliphatic carbocycles. The zero-order chi connectivity index (χ0) is 21.9. The van der Waals surface area contributed by atoms with Gasteiger partial charge in [0.1, 0.15) is 15.8 Å². The first-order valence-corrected chi connectivity index (χ1v) is 11.2. The zero-order valence-electron chi connectivity index (χ0n) is 17.3. The van der Waals surface area contributed by atoms with Gasteiger partial charge in [-0.15, -0.1) is 10.2 Å². The van der Waals surface area contributed by atoms with E-state index in [1.165, 1.54) is 17.0 Å². The lowest BCUT2D eigenvalue weighted by atomic mass is 10.1. The van der Waals surface area contributed by atoms with Gasteiger partial charge in [0.25, 0.3) is 0 Å². The summed E-state index contributed by atoms with van der Waals surface area (Å²) in [7, 11) is 0. The number of benzene rings is 2. The van der Waals surface area contributed by atoms with Crippen molar-refractivity contribution in [3.05, 3.63) is 78.5 Å². The summed E-state index contributed by atoms with van der Waals surface area (Å²) >= 11 is 1.50. The van der Waals surface area contributed by atoms with E-state index < -0.39 is 5.97 Å². The number of piperazine rings is 1. The predicted octanol–water partition coefficient (Wildman–Crippen LogP) is 4.29. The molecule has 0 amide bonds. The van der Waals surface area contributed by atoms with Crippen molar-refractivity contribution in [2.24, 2.45) is 0 Å². The summed E-state index contributed by atoms with van der Waals surface area (Å²) in [6, 6.07) is 21.2. The first-order valence-electron chi connectivity index (χ1n) is 10.4. The van der Waals surface area contributed by atoms with Gasteiger partial charge in [-0.05, 0) is 48.5 Å². The minimum atomic E-state index is -0.937. The Morgan fingerprint density at radius 2 is 1.38 bits per heavy atom. The number of nitrogens with zero attached hydrogens (tertiary/aromatic N) is 5. The van der Waals surface area contributed by atoms with Crippen molar-refractivity contribution in [2.45, 2.75) is 0 Å². The van der Waals surface area contributed by atoms with Crippen LogP contribution in [-0.2, 0) is 0 Å². The summed E-state index contributed by atoms with van der Waals surface area (Å²) in [6.45, 7) is 3.79. The molecule has 1 saturated heterocycles. The zero-order valence-corrected chi connectivity index (χ0v) is 18.1. The monoisotopic (exact) mass is 443 g/mol. The minimum absolute atomic E-state index is 0.259. The Bertz CT molecular complexity index is 1200. The molecule has 160 valence electrons. The first-order chi connectivity index (χ1) is 15.7. The van der Waals surface area contributed by atoms with Gasteiger partial charge in [0.15, 0.2) is 0 Å². The summed E-state index contributed by atoms with van der Waals surface area (Å²) in [4.78, 5) is 20.2. The molecule has 2 aromatic carbocycles. The number of rotatable bonds is 5. The molecule has 32 heavy (non-hydrogen) atoms. The Hall–Kier alpha value is -3.78. The van der Waals surface area contributed by atoms with E-state index in [0.717, 1.165) is 53.1 Å². The molecule has 1 N–H and O–H groups in total. The van der Waals surface area contributed by atoms with Gasteiger partial charge < -0.3 is 14.9 Å². The van der Waals surface area contributed by atoms with Crippen LogP contribution >= 0.6 is 11.3 Å². The van der Waals surface area contributed by atoms with Gasteiger partial charge in [0.2, 0.25) is 0 Å². The third-order valence-corrected chi connectivity index (χ3v) is 6.56. The lowest BCUT2D eigenvalue weighted by molar-refractivity contribution is 0.0697. The molecule has 1 fully saturated rings. The van der Waals surface area contributed by atoms with Crippen LogP contribution in [0.2, 0.25) is 0 Å². The first kappa shape index (κ1) is 20.1. The van der Waals surface area contributed by atoms with Gasteiger partial charge in [-0.25, -0.2) is 9.78 Å². The summed E-state index contributed by atoms with van der Waals surface area (Å²) in [6.07, 6.45) is 1.84. The van der Waals surface area contributed by atoms with Crippen molar-refractivity contribution in [3.63, 3.8) is 0 Å². The number of aromatic nitrogens is 3. The number of hydrogen-bond acceptors (Lipinski definition) is 7. The molecule has 4 aromatic rings. The quantitative estimate of drug-likeness (QED) is 0.493. The van der Waals surface area contributed by atoms with Crippen LogP contribution in [0.5, 0.6) is 0 Å². The van der Waals surface area contributed by atoms with Gasteiger partial charge in [-0.2, -0.15) is 0 Å². The SMILES string of the molecule is O=C(O)c1ccc(-c2nnc(-c3ccc(N4CCN(c5ccccn5)CC4)cc3)s2)cc1. The fourth-order valence-electron chi connectivity index (χ4n) is 3.76. The number of pyridine rings is 1. The average Bonchev–Trinajstić information content (AvgIpc) is 3.35. The molecule has 7 nitrogen and oxygen atoms in total. The summed E-state index contributed by atoms with van der Waals surface area (Å²) in [5.74, 6) is 0.0971. The standard InChI is InChI=1S/C24H21N5O2S/c30-24(31)19-6-4-17(5-7-19)22-26-27-23(32-22)18-8-10-20(11-9-18)28-13-15-29(16-14-28)21-3-1-2-12-25-21/h1-12H,13-16H2,(H,30,31). The highest BCUT2D eigenvalue weighted by molar-refractivity contribution is 7.17. The Kier molecular flexibility index (Phi) is 5.51. The number of aromatic carboxylic acids is 1. The van der Waals surface area contributed by atoms with Gasteiger partial charge >= 0.3 is 5.97 Å². The lowest BCUT2D eigenvalue weighted by Crippen LogP contribution is -2.46. The molecule has 3 heterocycles. The fourth-order valence-corrected chi connectivity index (χ4v) is 4.62. The van der Waals surface area contributed by atoms with Gasteiger partial charge in [0.05, 0.1) is 5.56 Å². The van der Waals surface area contributed by atoms with Crippen LogP contribution in [0.15, 0.2) is 72.9 Å². The highest BCUT2D eigenvalue weighted by Gasteiger charge is 2.18. The van der Waals surface area contributed by atoms with Gasteiger partial charge in [-0.3, -0.25) is 0 Å². The van der Waals surface area contributed by atoms with E-state index in [1.807, 2.05) is 18.3 Å². The normalized spacial score (nSPS) is 13.9. The number of carboxylic acids is 1. The van der Waals surface area contributed by atoms with Crippen LogP contribution < -0.4 is 9.80 Å². The maximum atomic E-state index is 11.0. The number of hydrogen-bond donors (Lipinski definition) is 1. The second kappa shape index (κ2) is 8.76. The number of carboxylic acid groups (broad SMARTS) is 1. The predicted molar refractivity (Wildman–Crippen MR) is 126 cm³/mol. The van der Waals surface area contributed by atoms with Crippen LogP contribution in [0.1, 0.15) is 10.4 Å². The van der Waals surface area contributed by atoms with E-state index >= 15 is 0 Å². The molecule has 0 bridgehead atoms. The maximum Gasteiger partial charge on any atom is 0.335 e. The molecule has 0 unspecified atom stereocenters. The van der Waals surface area contributed by atoms with Crippen molar-refractivity contribution in [1.29, 1.82) is 0 Å². The third kappa shape index (κ3) is 4.17. The lowest BCUT2D eigenvalue weighted by Gasteiger charge is -2.36. The second-order valence-electron chi connectivity index (χ2n) is 7.50. The average molecular weight is 444 g/mol. The van der Waals surface area contributed by atoms with Crippen LogP contribution in [0, 0.1) is 0 Å². The van der Waals surface area contributed by atoms with Gasteiger partial charge in [0, 0.05) is 49.2 Å². The Morgan fingerprint density at radius 3 is 1.94 bits per heavy atom. The third-order valence-electron chi connectivity index (χ3n) is 5.54. The summed E-state index contributed by atoms with van der Waals surface area (Å²) < 4.78 is 0. The van der Waals surface area contributed by atoms with E-state index in [-0.39, 0.29) is 5.56 Å². The molecule has 2 aromatic heterocycles. The van der Waals surface area contributed by atoms with Crippen molar-refractivity contribution in [2.75, 3.05) is 36.0 Å². The molecule has 5 rings (SSSR count). The van der Waals surface area contributed by atoms with Crippen molar-refractivity contribution >= 4 is 28.8 Å². The maximum absolute atomic E-state index is 11.0. The van der Waals surface area contributed by atoms with Crippen LogP contribution in [0.4, 0.5) is 11.5 Å². The van der Waals surface area contributed by atoms with Crippen LogP contribution in [0.3, 0.4) is 0 Å². The smallest absolute Gasteiger partial charge is 0.335 e. The van der Waals surface area contributed by atoms with E-state index in [9.17, 15) is 4.79 Å². The van der Waals surface area contributed by atoms with Crippen LogP contribution in [-0.4, -0.2) is 52.4 Å². The van der Waals surface area contributed by atoms with Gasteiger partial charge in [-0.1, -0.05) is 29.5 Å².